The van der Waals surface area contributed by atoms with Gasteiger partial charge in [-0.05, 0) is 41.3 Å². The van der Waals surface area contributed by atoms with Gasteiger partial charge in [0.05, 0.1) is 6.61 Å². The monoisotopic (exact) mass is 381 g/mol. The van der Waals surface area contributed by atoms with Crippen LogP contribution in [0.3, 0.4) is 0 Å². The zero-order valence-electron chi connectivity index (χ0n) is 15.7. The minimum atomic E-state index is -0.0657. The van der Waals surface area contributed by atoms with Gasteiger partial charge in [0, 0.05) is 42.7 Å². The number of aryl methyl sites for hydroxylation is 1. The van der Waals surface area contributed by atoms with E-state index < -0.39 is 0 Å². The topological polar surface area (TPSA) is 40.5 Å². The van der Waals surface area contributed by atoms with Crippen molar-refractivity contribution in [3.63, 3.8) is 0 Å². The van der Waals surface area contributed by atoms with Crippen molar-refractivity contribution in [1.82, 2.24) is 4.90 Å². The molecule has 0 radical (unpaired) electrons. The van der Waals surface area contributed by atoms with E-state index in [9.17, 15) is 9.90 Å². The molecule has 0 saturated heterocycles. The molecule has 1 heterocycles. The van der Waals surface area contributed by atoms with Crippen LogP contribution < -0.4 is 0 Å². The van der Waals surface area contributed by atoms with Gasteiger partial charge in [0.25, 0.3) is 0 Å². The number of rotatable bonds is 6. The number of aliphatic hydroxyl groups excluding tert-OH is 1. The maximum atomic E-state index is 13.0. The number of halogens is 1. The van der Waals surface area contributed by atoms with Crippen molar-refractivity contribution in [3.8, 4) is 0 Å². The number of Topliss-reactive ketones (excluding diaryl/α,β-unsaturated/α-hetero) is 1. The van der Waals surface area contributed by atoms with Crippen LogP contribution in [0.4, 0.5) is 0 Å². The fraction of sp³-hybridized carbons (Fsp3) is 0.261. The lowest BCUT2D eigenvalue weighted by Gasteiger charge is -2.22. The van der Waals surface area contributed by atoms with Crippen LogP contribution in [0.15, 0.2) is 66.4 Å². The number of nitrogens with zero attached hydrogens (tertiary/aromatic N) is 1. The van der Waals surface area contributed by atoms with Gasteiger partial charge < -0.3 is 10.0 Å². The standard InChI is InChI=1S/C23H24ClNO2/c1-16-12-20(24)9-10-21(16)22(18-7-5-17(15-26)6-8-18)13-23(27)19-4-3-11-25(2)14-19/h3-10,12,14,22,26H,11,13,15H2,1-2H3. The highest BCUT2D eigenvalue weighted by Gasteiger charge is 2.22. The number of benzene rings is 2. The predicted molar refractivity (Wildman–Crippen MR) is 110 cm³/mol. The van der Waals surface area contributed by atoms with Crippen molar-refractivity contribution >= 4 is 17.4 Å². The largest absolute Gasteiger partial charge is 0.392 e. The van der Waals surface area contributed by atoms with E-state index in [0.717, 1.165) is 34.4 Å². The summed E-state index contributed by atoms with van der Waals surface area (Å²) in [6.45, 7) is 2.85. The van der Waals surface area contributed by atoms with Gasteiger partial charge in [-0.2, -0.15) is 0 Å². The zero-order chi connectivity index (χ0) is 19.4. The molecule has 0 aromatic heterocycles. The number of ketones is 1. The van der Waals surface area contributed by atoms with Crippen LogP contribution in [0.25, 0.3) is 0 Å². The molecule has 1 unspecified atom stereocenters. The number of carbonyl (C=O) groups excluding carboxylic acids is 1. The summed E-state index contributed by atoms with van der Waals surface area (Å²) >= 11 is 6.13. The van der Waals surface area contributed by atoms with Gasteiger partial charge in [-0.15, -0.1) is 0 Å². The van der Waals surface area contributed by atoms with Crippen molar-refractivity contribution in [1.29, 1.82) is 0 Å². The van der Waals surface area contributed by atoms with Crippen molar-refractivity contribution in [2.75, 3.05) is 13.6 Å². The Morgan fingerprint density at radius 2 is 1.96 bits per heavy atom. The Kier molecular flexibility index (Phi) is 6.15. The van der Waals surface area contributed by atoms with Crippen LogP contribution in [0.2, 0.25) is 5.02 Å². The molecular weight excluding hydrogens is 358 g/mol. The highest BCUT2D eigenvalue weighted by atomic mass is 35.5. The highest BCUT2D eigenvalue weighted by molar-refractivity contribution is 6.30. The highest BCUT2D eigenvalue weighted by Crippen LogP contribution is 2.33. The second-order valence-electron chi connectivity index (χ2n) is 7.01. The molecule has 140 valence electrons. The summed E-state index contributed by atoms with van der Waals surface area (Å²) in [6, 6.07) is 13.6. The first kappa shape index (κ1) is 19.4. The predicted octanol–water partition coefficient (Wildman–Crippen LogP) is 4.62. The van der Waals surface area contributed by atoms with Crippen LogP contribution in [0, 0.1) is 6.92 Å². The van der Waals surface area contributed by atoms with E-state index in [1.54, 1.807) is 0 Å². The Balaban J connectivity index is 1.96. The molecule has 0 bridgehead atoms. The summed E-state index contributed by atoms with van der Waals surface area (Å²) in [7, 11) is 1.96. The van der Waals surface area contributed by atoms with Gasteiger partial charge >= 0.3 is 0 Å². The molecule has 0 aliphatic carbocycles. The molecule has 4 heteroatoms. The first-order valence-electron chi connectivity index (χ1n) is 9.05. The summed E-state index contributed by atoms with van der Waals surface area (Å²) in [5.74, 6) is 0.0485. The van der Waals surface area contributed by atoms with E-state index in [0.29, 0.717) is 11.4 Å². The molecule has 1 aliphatic heterocycles. The van der Waals surface area contributed by atoms with Crippen LogP contribution in [-0.4, -0.2) is 29.4 Å². The lowest BCUT2D eigenvalue weighted by molar-refractivity contribution is -0.115. The molecule has 1 aliphatic rings. The SMILES string of the molecule is Cc1cc(Cl)ccc1C(CC(=O)C1=CN(C)CC=C1)c1ccc(CO)cc1. The van der Waals surface area contributed by atoms with Crippen LogP contribution >= 0.6 is 11.6 Å². The number of carbonyl (C=O) groups is 1. The number of likely N-dealkylation sites (N-methyl/N-ethyl adjacent to an activating group) is 1. The average molecular weight is 382 g/mol. The summed E-state index contributed by atoms with van der Waals surface area (Å²) in [6.07, 6.45) is 6.20. The average Bonchev–Trinajstić information content (AvgIpc) is 2.66. The van der Waals surface area contributed by atoms with Gasteiger partial charge in [0.2, 0.25) is 0 Å². The lowest BCUT2D eigenvalue weighted by Crippen LogP contribution is -2.18. The molecule has 2 aromatic carbocycles. The molecule has 1 N–H and O–H groups in total. The Labute approximate surface area is 165 Å². The molecule has 0 fully saturated rings. The second-order valence-corrected chi connectivity index (χ2v) is 7.44. The first-order chi connectivity index (χ1) is 13.0. The number of hydrogen-bond donors (Lipinski definition) is 1. The van der Waals surface area contributed by atoms with E-state index in [-0.39, 0.29) is 18.3 Å². The third kappa shape index (κ3) is 4.68. The van der Waals surface area contributed by atoms with Gasteiger partial charge in [0.15, 0.2) is 5.78 Å². The van der Waals surface area contributed by atoms with Crippen molar-refractivity contribution in [2.45, 2.75) is 25.9 Å². The Hall–Kier alpha value is -2.36. The molecule has 3 nitrogen and oxygen atoms in total. The van der Waals surface area contributed by atoms with Crippen LogP contribution in [0.5, 0.6) is 0 Å². The molecule has 3 rings (SSSR count). The van der Waals surface area contributed by atoms with E-state index in [1.165, 1.54) is 0 Å². The normalized spacial score (nSPS) is 14.8. The summed E-state index contributed by atoms with van der Waals surface area (Å²) in [5.41, 5.74) is 4.80. The molecule has 0 saturated carbocycles. The maximum absolute atomic E-state index is 13.0. The smallest absolute Gasteiger partial charge is 0.165 e. The van der Waals surface area contributed by atoms with Crippen LogP contribution in [0.1, 0.15) is 34.6 Å². The van der Waals surface area contributed by atoms with E-state index in [4.69, 9.17) is 11.6 Å². The van der Waals surface area contributed by atoms with Crippen LogP contribution in [-0.2, 0) is 11.4 Å². The Morgan fingerprint density at radius 1 is 1.22 bits per heavy atom. The molecule has 1 atom stereocenters. The first-order valence-corrected chi connectivity index (χ1v) is 9.43. The third-order valence-corrected chi connectivity index (χ3v) is 5.17. The molecule has 0 spiro atoms. The number of hydrogen-bond acceptors (Lipinski definition) is 3. The van der Waals surface area contributed by atoms with Gasteiger partial charge in [-0.1, -0.05) is 54.1 Å². The Morgan fingerprint density at radius 3 is 2.59 bits per heavy atom. The van der Waals surface area contributed by atoms with Gasteiger partial charge in [0.1, 0.15) is 0 Å². The summed E-state index contributed by atoms with van der Waals surface area (Å²) < 4.78 is 0. The Bertz CT molecular complexity index is 884. The lowest BCUT2D eigenvalue weighted by atomic mass is 9.83. The maximum Gasteiger partial charge on any atom is 0.165 e. The van der Waals surface area contributed by atoms with Gasteiger partial charge in [-0.3, -0.25) is 4.79 Å². The third-order valence-electron chi connectivity index (χ3n) is 4.93. The minimum absolute atomic E-state index is 0.00780. The van der Waals surface area contributed by atoms with E-state index in [2.05, 4.69) is 0 Å². The fourth-order valence-corrected chi connectivity index (χ4v) is 3.67. The van der Waals surface area contributed by atoms with Crippen molar-refractivity contribution < 1.29 is 9.90 Å². The quantitative estimate of drug-likeness (QED) is 0.793. The zero-order valence-corrected chi connectivity index (χ0v) is 16.4. The number of allylic oxidation sites excluding steroid dienone is 2. The fourth-order valence-electron chi connectivity index (χ4n) is 3.44. The minimum Gasteiger partial charge on any atom is -0.392 e. The molecular formula is C23H24ClNO2. The van der Waals surface area contributed by atoms with E-state index in [1.807, 2.05) is 79.7 Å². The van der Waals surface area contributed by atoms with Crippen molar-refractivity contribution in [3.05, 3.63) is 93.7 Å². The second kappa shape index (κ2) is 8.55. The molecule has 0 amide bonds. The molecule has 27 heavy (non-hydrogen) atoms. The van der Waals surface area contributed by atoms with Gasteiger partial charge in [-0.25, -0.2) is 0 Å². The van der Waals surface area contributed by atoms with Crippen molar-refractivity contribution in [2.24, 2.45) is 0 Å². The summed E-state index contributed by atoms with van der Waals surface area (Å²) in [4.78, 5) is 15.0. The summed E-state index contributed by atoms with van der Waals surface area (Å²) in [5, 5.41) is 10.0. The molecule has 2 aromatic rings. The number of aliphatic hydroxyl groups is 1. The van der Waals surface area contributed by atoms with E-state index >= 15 is 0 Å².